The van der Waals surface area contributed by atoms with Crippen molar-refractivity contribution in [3.05, 3.63) is 11.3 Å². The number of anilines is 1. The summed E-state index contributed by atoms with van der Waals surface area (Å²) < 4.78 is 4.16. The van der Waals surface area contributed by atoms with Crippen LogP contribution in [0.2, 0.25) is 0 Å². The van der Waals surface area contributed by atoms with E-state index in [-0.39, 0.29) is 18.6 Å². The van der Waals surface area contributed by atoms with Crippen LogP contribution in [-0.4, -0.2) is 35.1 Å². The van der Waals surface area contributed by atoms with Gasteiger partial charge in [-0.1, -0.05) is 0 Å². The summed E-state index contributed by atoms with van der Waals surface area (Å²) in [6.07, 6.45) is 1.47. The number of rotatable bonds is 6. The molecule has 0 fully saturated rings. The van der Waals surface area contributed by atoms with Crippen molar-refractivity contribution in [1.29, 1.82) is 0 Å². The molecule has 0 aliphatic carbocycles. The fourth-order valence-corrected chi connectivity index (χ4v) is 2.32. The van der Waals surface area contributed by atoms with Crippen LogP contribution in [0.1, 0.15) is 35.8 Å². The van der Waals surface area contributed by atoms with Crippen LogP contribution in [0.25, 0.3) is 0 Å². The molecule has 0 aliphatic heterocycles. The van der Waals surface area contributed by atoms with Gasteiger partial charge in [-0.05, 0) is 38.2 Å². The first kappa shape index (κ1) is 13.9. The quantitative estimate of drug-likeness (QED) is 0.720. The predicted octanol–water partition coefficient (Wildman–Crippen LogP) is 1.38. The zero-order valence-electron chi connectivity index (χ0n) is 10.4. The summed E-state index contributed by atoms with van der Waals surface area (Å²) in [7, 11) is 1.78. The number of carbonyl (C=O) groups is 1. The fraction of sp³-hybridized carbons (Fsp3) is 0.636. The molecule has 0 aliphatic rings. The Morgan fingerprint density at radius 2 is 2.29 bits per heavy atom. The number of aliphatic hydroxyl groups is 1. The number of carbonyl (C=O) groups excluding carboxylic acids is 1. The van der Waals surface area contributed by atoms with Gasteiger partial charge in [-0.3, -0.25) is 4.79 Å². The Morgan fingerprint density at radius 1 is 1.59 bits per heavy atom. The number of aromatic nitrogens is 1. The Labute approximate surface area is 105 Å². The van der Waals surface area contributed by atoms with E-state index in [0.29, 0.717) is 12.0 Å². The van der Waals surface area contributed by atoms with E-state index in [2.05, 4.69) is 15.0 Å². The molecule has 1 unspecified atom stereocenters. The Hall–Kier alpha value is -1.14. The van der Waals surface area contributed by atoms with Crippen molar-refractivity contribution < 1.29 is 9.90 Å². The van der Waals surface area contributed by atoms with Gasteiger partial charge in [0.2, 0.25) is 0 Å². The molecule has 17 heavy (non-hydrogen) atoms. The van der Waals surface area contributed by atoms with Crippen molar-refractivity contribution in [2.24, 2.45) is 0 Å². The highest BCUT2D eigenvalue weighted by Crippen LogP contribution is 2.23. The highest BCUT2D eigenvalue weighted by atomic mass is 32.1. The number of nitrogens with one attached hydrogen (secondary N) is 2. The van der Waals surface area contributed by atoms with Crippen molar-refractivity contribution in [3.8, 4) is 0 Å². The van der Waals surface area contributed by atoms with Gasteiger partial charge in [0, 0.05) is 19.7 Å². The number of amides is 1. The Balaban J connectivity index is 2.66. The first-order valence-electron chi connectivity index (χ1n) is 5.65. The molecule has 3 N–H and O–H groups in total. The van der Waals surface area contributed by atoms with Crippen LogP contribution in [0.15, 0.2) is 0 Å². The van der Waals surface area contributed by atoms with Crippen LogP contribution in [0.5, 0.6) is 0 Å². The van der Waals surface area contributed by atoms with Crippen LogP contribution in [0.3, 0.4) is 0 Å². The van der Waals surface area contributed by atoms with Gasteiger partial charge < -0.3 is 15.7 Å². The molecule has 0 saturated carbocycles. The van der Waals surface area contributed by atoms with Crippen LogP contribution >= 0.6 is 11.5 Å². The van der Waals surface area contributed by atoms with E-state index in [4.69, 9.17) is 5.11 Å². The maximum absolute atomic E-state index is 12.0. The van der Waals surface area contributed by atoms with Gasteiger partial charge in [0.05, 0.1) is 11.3 Å². The minimum Gasteiger partial charge on any atom is -0.396 e. The van der Waals surface area contributed by atoms with E-state index in [1.54, 1.807) is 7.05 Å². The second-order valence-electron chi connectivity index (χ2n) is 3.96. The van der Waals surface area contributed by atoms with Gasteiger partial charge in [0.25, 0.3) is 5.91 Å². The van der Waals surface area contributed by atoms with Crippen LogP contribution in [0, 0.1) is 6.92 Å². The zero-order valence-corrected chi connectivity index (χ0v) is 11.2. The highest BCUT2D eigenvalue weighted by Gasteiger charge is 2.18. The lowest BCUT2D eigenvalue weighted by atomic mass is 10.1. The van der Waals surface area contributed by atoms with E-state index in [1.165, 1.54) is 11.5 Å². The van der Waals surface area contributed by atoms with Crippen LogP contribution in [0.4, 0.5) is 5.00 Å². The first-order valence-corrected chi connectivity index (χ1v) is 6.43. The summed E-state index contributed by atoms with van der Waals surface area (Å²) in [5.41, 5.74) is 1.36. The maximum Gasteiger partial charge on any atom is 0.256 e. The topological polar surface area (TPSA) is 74.2 Å². The van der Waals surface area contributed by atoms with E-state index in [9.17, 15) is 4.79 Å². The average Bonchev–Trinajstić information content (AvgIpc) is 2.67. The molecule has 5 nitrogen and oxygen atoms in total. The number of hydrogen-bond donors (Lipinski definition) is 3. The van der Waals surface area contributed by atoms with Crippen LogP contribution in [-0.2, 0) is 0 Å². The molecule has 6 heteroatoms. The minimum atomic E-state index is -0.106. The minimum absolute atomic E-state index is 0.0543. The molecule has 1 aromatic heterocycles. The van der Waals surface area contributed by atoms with Crippen molar-refractivity contribution in [3.63, 3.8) is 0 Å². The van der Waals surface area contributed by atoms with Gasteiger partial charge in [-0.25, -0.2) is 0 Å². The lowest BCUT2D eigenvalue weighted by molar-refractivity contribution is 0.0937. The number of aryl methyl sites for hydroxylation is 1. The van der Waals surface area contributed by atoms with Gasteiger partial charge in [0.1, 0.15) is 5.00 Å². The van der Waals surface area contributed by atoms with Crippen molar-refractivity contribution in [2.45, 2.75) is 32.7 Å². The largest absolute Gasteiger partial charge is 0.396 e. The van der Waals surface area contributed by atoms with Crippen LogP contribution < -0.4 is 10.6 Å². The Bertz CT molecular complexity index is 379. The Kier molecular flexibility index (Phi) is 5.37. The monoisotopic (exact) mass is 257 g/mol. The van der Waals surface area contributed by atoms with Gasteiger partial charge in [0.15, 0.2) is 0 Å². The van der Waals surface area contributed by atoms with Crippen molar-refractivity contribution in [2.75, 3.05) is 19.0 Å². The zero-order chi connectivity index (χ0) is 12.8. The molecule has 0 aromatic carbocycles. The lowest BCUT2D eigenvalue weighted by Crippen LogP contribution is -2.33. The van der Waals surface area contributed by atoms with E-state index < -0.39 is 0 Å². The van der Waals surface area contributed by atoms with Crippen molar-refractivity contribution in [1.82, 2.24) is 9.69 Å². The summed E-state index contributed by atoms with van der Waals surface area (Å²) in [5.74, 6) is -0.106. The van der Waals surface area contributed by atoms with Gasteiger partial charge >= 0.3 is 0 Å². The third-order valence-corrected chi connectivity index (χ3v) is 3.45. The molecule has 1 atom stereocenters. The molecule has 0 spiro atoms. The lowest BCUT2D eigenvalue weighted by Gasteiger charge is -2.13. The molecule has 0 radical (unpaired) electrons. The third kappa shape index (κ3) is 3.67. The van der Waals surface area contributed by atoms with E-state index in [0.717, 1.165) is 17.1 Å². The first-order chi connectivity index (χ1) is 8.10. The second kappa shape index (κ2) is 6.56. The molecular weight excluding hydrogens is 238 g/mol. The summed E-state index contributed by atoms with van der Waals surface area (Å²) in [6, 6.07) is 0.0543. The SMILES string of the molecule is CNc1snc(C)c1C(=O)NC(C)CCCO. The van der Waals surface area contributed by atoms with Gasteiger partial charge in [-0.2, -0.15) is 4.37 Å². The fourth-order valence-electron chi connectivity index (χ4n) is 1.57. The molecule has 1 aromatic rings. The normalized spacial score (nSPS) is 12.2. The molecule has 0 saturated heterocycles. The van der Waals surface area contributed by atoms with Gasteiger partial charge in [-0.15, -0.1) is 0 Å². The highest BCUT2D eigenvalue weighted by molar-refractivity contribution is 7.10. The maximum atomic E-state index is 12.0. The molecular formula is C11H19N3O2S. The second-order valence-corrected chi connectivity index (χ2v) is 4.74. The summed E-state index contributed by atoms with van der Waals surface area (Å²) >= 11 is 1.29. The summed E-state index contributed by atoms with van der Waals surface area (Å²) in [4.78, 5) is 12.0. The molecule has 1 rings (SSSR count). The van der Waals surface area contributed by atoms with Crippen molar-refractivity contribution >= 4 is 22.4 Å². The summed E-state index contributed by atoms with van der Waals surface area (Å²) in [6.45, 7) is 3.91. The smallest absolute Gasteiger partial charge is 0.256 e. The standard InChI is InChI=1S/C11H19N3O2S/c1-7(5-4-6-15)13-10(16)9-8(2)14-17-11(9)12-3/h7,12,15H,4-6H2,1-3H3,(H,13,16). The number of aliphatic hydroxyl groups excluding tert-OH is 1. The molecule has 0 bridgehead atoms. The third-order valence-electron chi connectivity index (χ3n) is 2.49. The summed E-state index contributed by atoms with van der Waals surface area (Å²) in [5, 5.41) is 15.4. The molecule has 1 amide bonds. The van der Waals surface area contributed by atoms with E-state index >= 15 is 0 Å². The average molecular weight is 257 g/mol. The Morgan fingerprint density at radius 3 is 2.88 bits per heavy atom. The van der Waals surface area contributed by atoms with E-state index in [1.807, 2.05) is 13.8 Å². The predicted molar refractivity (Wildman–Crippen MR) is 69.6 cm³/mol. The number of nitrogens with zero attached hydrogens (tertiary/aromatic N) is 1. The number of hydrogen-bond acceptors (Lipinski definition) is 5. The molecule has 96 valence electrons. The molecule has 1 heterocycles.